The lowest BCUT2D eigenvalue weighted by Crippen LogP contribution is -2.47. The van der Waals surface area contributed by atoms with Gasteiger partial charge in [0.15, 0.2) is 0 Å². The highest BCUT2D eigenvalue weighted by molar-refractivity contribution is 6.32. The lowest BCUT2D eigenvalue weighted by Gasteiger charge is -2.38. The summed E-state index contributed by atoms with van der Waals surface area (Å²) in [5.41, 5.74) is 2.39. The first-order valence-electron chi connectivity index (χ1n) is 11.9. The number of ether oxygens (including phenoxy) is 2. The summed E-state index contributed by atoms with van der Waals surface area (Å²) in [7, 11) is 0. The number of hydrogen-bond acceptors (Lipinski definition) is 5. The van der Waals surface area contributed by atoms with Crippen molar-refractivity contribution in [1.82, 2.24) is 14.7 Å². The van der Waals surface area contributed by atoms with Crippen LogP contribution in [0.2, 0.25) is 5.02 Å². The molecule has 4 rings (SSSR count). The second-order valence-corrected chi connectivity index (χ2v) is 9.66. The number of aromatic nitrogens is 2. The quantitative estimate of drug-likeness (QED) is 0.410. The van der Waals surface area contributed by atoms with Gasteiger partial charge < -0.3 is 14.6 Å². The zero-order valence-corrected chi connectivity index (χ0v) is 20.8. The number of benzene rings is 2. The molecule has 34 heavy (non-hydrogen) atoms. The number of piperidine rings is 1. The van der Waals surface area contributed by atoms with E-state index in [0.29, 0.717) is 26.1 Å². The molecule has 1 fully saturated rings. The van der Waals surface area contributed by atoms with Crippen LogP contribution in [0.5, 0.6) is 11.5 Å². The van der Waals surface area contributed by atoms with Crippen LogP contribution in [0.25, 0.3) is 0 Å². The van der Waals surface area contributed by atoms with Crippen molar-refractivity contribution in [3.63, 3.8) is 0 Å². The Hall–Kier alpha value is -2.54. The van der Waals surface area contributed by atoms with E-state index in [-0.39, 0.29) is 0 Å². The van der Waals surface area contributed by atoms with Crippen LogP contribution in [0.3, 0.4) is 0 Å². The summed E-state index contributed by atoms with van der Waals surface area (Å²) in [6.45, 7) is 8.24. The molecular weight excluding hydrogens is 450 g/mol. The molecule has 3 aromatic rings. The second-order valence-electron chi connectivity index (χ2n) is 9.28. The Labute approximate surface area is 207 Å². The van der Waals surface area contributed by atoms with Gasteiger partial charge in [0.1, 0.15) is 23.7 Å². The van der Waals surface area contributed by atoms with Gasteiger partial charge in [-0.3, -0.25) is 9.58 Å². The highest BCUT2D eigenvalue weighted by atomic mass is 35.5. The molecule has 1 aliphatic heterocycles. The number of aryl methyl sites for hydroxylation is 3. The Morgan fingerprint density at radius 1 is 1.03 bits per heavy atom. The predicted molar refractivity (Wildman–Crippen MR) is 135 cm³/mol. The van der Waals surface area contributed by atoms with Crippen molar-refractivity contribution in [2.45, 2.75) is 51.8 Å². The van der Waals surface area contributed by atoms with Gasteiger partial charge in [-0.15, -0.1) is 0 Å². The number of aliphatic hydroxyl groups is 1. The summed E-state index contributed by atoms with van der Waals surface area (Å²) < 4.78 is 13.8. The zero-order valence-electron chi connectivity index (χ0n) is 20.0. The molecule has 182 valence electrons. The van der Waals surface area contributed by atoms with Gasteiger partial charge in [-0.2, -0.15) is 5.10 Å². The first-order valence-corrected chi connectivity index (χ1v) is 12.3. The minimum absolute atomic E-state index is 0.295. The van der Waals surface area contributed by atoms with Crippen molar-refractivity contribution in [2.24, 2.45) is 0 Å². The number of likely N-dealkylation sites (tertiary alicyclic amines) is 1. The molecule has 6 nitrogen and oxygen atoms in total. The third-order valence-electron chi connectivity index (χ3n) is 6.37. The summed E-state index contributed by atoms with van der Waals surface area (Å²) in [4.78, 5) is 2.38. The van der Waals surface area contributed by atoms with Crippen molar-refractivity contribution >= 4 is 11.6 Å². The Morgan fingerprint density at radius 3 is 2.50 bits per heavy atom. The van der Waals surface area contributed by atoms with Gasteiger partial charge in [0.2, 0.25) is 0 Å². The third-order valence-corrected chi connectivity index (χ3v) is 6.96. The summed E-state index contributed by atoms with van der Waals surface area (Å²) in [5.74, 6) is 1.66. The third kappa shape index (κ3) is 6.75. The molecule has 7 heteroatoms. The molecule has 1 saturated heterocycles. The molecule has 0 radical (unpaired) electrons. The maximum absolute atomic E-state index is 11.0. The fourth-order valence-electron chi connectivity index (χ4n) is 4.32. The van der Waals surface area contributed by atoms with Crippen molar-refractivity contribution in [3.8, 4) is 11.5 Å². The number of rotatable bonds is 10. The highest BCUT2D eigenvalue weighted by Gasteiger charge is 2.33. The molecule has 0 unspecified atom stereocenters. The van der Waals surface area contributed by atoms with Crippen LogP contribution in [0.1, 0.15) is 36.0 Å². The van der Waals surface area contributed by atoms with Crippen molar-refractivity contribution < 1.29 is 14.6 Å². The Balaban J connectivity index is 1.21. The van der Waals surface area contributed by atoms with Gasteiger partial charge in [-0.1, -0.05) is 23.7 Å². The van der Waals surface area contributed by atoms with Crippen molar-refractivity contribution in [1.29, 1.82) is 0 Å². The van der Waals surface area contributed by atoms with Crippen molar-refractivity contribution in [2.75, 3.05) is 26.3 Å². The van der Waals surface area contributed by atoms with Gasteiger partial charge >= 0.3 is 0 Å². The molecule has 2 aromatic carbocycles. The largest absolute Gasteiger partial charge is 0.494 e. The molecule has 0 aliphatic carbocycles. The van der Waals surface area contributed by atoms with E-state index in [2.05, 4.69) is 22.1 Å². The van der Waals surface area contributed by atoms with E-state index >= 15 is 0 Å². The molecule has 1 aromatic heterocycles. The number of halogens is 1. The molecule has 0 saturated carbocycles. The molecule has 1 N–H and O–H groups in total. The Kier molecular flexibility index (Phi) is 8.14. The van der Waals surface area contributed by atoms with E-state index in [1.165, 1.54) is 5.56 Å². The molecule has 2 heterocycles. The summed E-state index contributed by atoms with van der Waals surface area (Å²) in [5, 5.41) is 16.0. The van der Waals surface area contributed by atoms with Crippen LogP contribution in [0, 0.1) is 13.8 Å². The number of hydrogen-bond donors (Lipinski definition) is 1. The van der Waals surface area contributed by atoms with E-state index in [0.717, 1.165) is 60.2 Å². The average Bonchev–Trinajstić information content (AvgIpc) is 3.35. The van der Waals surface area contributed by atoms with E-state index in [9.17, 15) is 5.11 Å². The molecule has 0 bridgehead atoms. The molecule has 0 spiro atoms. The average molecular weight is 484 g/mol. The maximum atomic E-state index is 11.0. The molecular formula is C27H34ClN3O3. The topological polar surface area (TPSA) is 59.8 Å². The lowest BCUT2D eigenvalue weighted by atomic mass is 9.92. The van der Waals surface area contributed by atoms with Crippen molar-refractivity contribution in [3.05, 3.63) is 76.6 Å². The first kappa shape index (κ1) is 24.6. The smallest absolute Gasteiger partial charge is 0.120 e. The first-order chi connectivity index (χ1) is 16.4. The van der Waals surface area contributed by atoms with Gasteiger partial charge in [-0.05, 0) is 73.7 Å². The van der Waals surface area contributed by atoms with E-state index < -0.39 is 5.60 Å². The van der Waals surface area contributed by atoms with Gasteiger partial charge in [0.25, 0.3) is 0 Å². The Bertz CT molecular complexity index is 1040. The summed E-state index contributed by atoms with van der Waals surface area (Å²) in [6, 6.07) is 14.1. The predicted octanol–water partition coefficient (Wildman–Crippen LogP) is 5.03. The lowest BCUT2D eigenvalue weighted by molar-refractivity contribution is -0.0537. The summed E-state index contributed by atoms with van der Waals surface area (Å²) in [6.07, 6.45) is 6.03. The second kappa shape index (κ2) is 11.3. The molecule has 1 aliphatic rings. The van der Waals surface area contributed by atoms with E-state index in [1.54, 1.807) is 6.20 Å². The fraction of sp³-hybridized carbons (Fsp3) is 0.444. The van der Waals surface area contributed by atoms with Crippen LogP contribution in [0.4, 0.5) is 0 Å². The van der Waals surface area contributed by atoms with Gasteiger partial charge in [0, 0.05) is 50.0 Å². The monoisotopic (exact) mass is 483 g/mol. The van der Waals surface area contributed by atoms with Crippen LogP contribution < -0.4 is 9.47 Å². The van der Waals surface area contributed by atoms with Crippen LogP contribution in [-0.2, 0) is 13.1 Å². The molecule has 0 amide bonds. The minimum atomic E-state index is -0.808. The SMILES string of the molecule is Cc1cc(OCC2(O)CCN(Cc3cccc(OCCCn4cccn4)c3)CC2)cc(C)c1Cl. The van der Waals surface area contributed by atoms with Crippen LogP contribution >= 0.6 is 11.6 Å². The van der Waals surface area contributed by atoms with Gasteiger partial charge in [0.05, 0.1) is 6.61 Å². The fourth-order valence-corrected chi connectivity index (χ4v) is 4.43. The standard InChI is InChI=1S/C27H34ClN3O3/c1-21-16-25(17-22(2)26(21)28)34-20-27(32)8-13-30(14-9-27)19-23-6-3-7-24(18-23)33-15-5-12-31-11-4-10-29-31/h3-4,6-7,10-11,16-18,32H,5,8-9,12-15,19-20H2,1-2H3. The highest BCUT2D eigenvalue weighted by Crippen LogP contribution is 2.29. The van der Waals surface area contributed by atoms with Crippen LogP contribution in [0.15, 0.2) is 54.9 Å². The number of nitrogens with zero attached hydrogens (tertiary/aromatic N) is 3. The Morgan fingerprint density at radius 2 is 1.79 bits per heavy atom. The summed E-state index contributed by atoms with van der Waals surface area (Å²) >= 11 is 6.25. The van der Waals surface area contributed by atoms with Crippen LogP contribution in [-0.4, -0.2) is 51.7 Å². The minimum Gasteiger partial charge on any atom is -0.494 e. The van der Waals surface area contributed by atoms with E-state index in [1.807, 2.05) is 55.1 Å². The zero-order chi connectivity index (χ0) is 24.0. The van der Waals surface area contributed by atoms with E-state index in [4.69, 9.17) is 21.1 Å². The maximum Gasteiger partial charge on any atom is 0.120 e. The normalized spacial score (nSPS) is 15.9. The van der Waals surface area contributed by atoms with Gasteiger partial charge in [-0.25, -0.2) is 0 Å². The molecule has 0 atom stereocenters.